The van der Waals surface area contributed by atoms with Crippen LogP contribution in [-0.2, 0) is 0 Å². The fourth-order valence-corrected chi connectivity index (χ4v) is 0.793. The summed E-state index contributed by atoms with van der Waals surface area (Å²) in [7, 11) is 0. The van der Waals surface area contributed by atoms with Crippen LogP contribution in [0.25, 0.3) is 0 Å². The molecule has 0 aromatic rings. The van der Waals surface area contributed by atoms with Crippen molar-refractivity contribution < 1.29 is 0 Å². The zero-order chi connectivity index (χ0) is 8.15. The third kappa shape index (κ3) is 2.99. The Balaban J connectivity index is 3.71. The van der Waals surface area contributed by atoms with Crippen molar-refractivity contribution in [2.24, 2.45) is 17.4 Å². The fourth-order valence-electron chi connectivity index (χ4n) is 0.793. The van der Waals surface area contributed by atoms with E-state index in [1.165, 1.54) is 0 Å². The molecule has 0 unspecified atom stereocenters. The van der Waals surface area contributed by atoms with E-state index in [9.17, 15) is 0 Å². The van der Waals surface area contributed by atoms with Gasteiger partial charge in [0.15, 0.2) is 0 Å². The lowest BCUT2D eigenvalue weighted by molar-refractivity contribution is 0.614. The van der Waals surface area contributed by atoms with Gasteiger partial charge in [-0.1, -0.05) is 26.0 Å². The van der Waals surface area contributed by atoms with E-state index in [1.54, 1.807) is 0 Å². The summed E-state index contributed by atoms with van der Waals surface area (Å²) < 4.78 is 0. The first kappa shape index (κ1) is 9.66. The molecule has 0 aromatic carbocycles. The molecule has 0 bridgehead atoms. The van der Waals surface area contributed by atoms with Gasteiger partial charge in [-0.25, -0.2) is 0 Å². The molecule has 0 fully saturated rings. The van der Waals surface area contributed by atoms with Crippen LogP contribution in [0.5, 0.6) is 0 Å². The molecule has 0 amide bonds. The largest absolute Gasteiger partial charge is 0.330 e. The van der Waals surface area contributed by atoms with Gasteiger partial charge in [0, 0.05) is 6.04 Å². The highest BCUT2D eigenvalue weighted by Gasteiger charge is 2.08. The van der Waals surface area contributed by atoms with Gasteiger partial charge in [-0.3, -0.25) is 0 Å². The van der Waals surface area contributed by atoms with Crippen LogP contribution in [0.15, 0.2) is 12.2 Å². The summed E-state index contributed by atoms with van der Waals surface area (Å²) in [6.45, 7) is 8.73. The van der Waals surface area contributed by atoms with E-state index < -0.39 is 0 Å². The summed E-state index contributed by atoms with van der Waals surface area (Å²) in [6, 6.07) is 0.0880. The number of rotatable bonds is 4. The molecule has 1 atom stereocenters. The molecule has 0 saturated carbocycles. The zero-order valence-corrected chi connectivity index (χ0v) is 6.93. The number of hydrogen-bond donors (Lipinski definition) is 2. The molecule has 0 saturated heterocycles. The maximum atomic E-state index is 5.75. The van der Waals surface area contributed by atoms with Crippen LogP contribution in [0.2, 0.25) is 0 Å². The van der Waals surface area contributed by atoms with Crippen LogP contribution in [-0.4, -0.2) is 12.6 Å². The van der Waals surface area contributed by atoms with E-state index in [0.29, 0.717) is 12.5 Å². The summed E-state index contributed by atoms with van der Waals surface area (Å²) >= 11 is 0. The highest BCUT2D eigenvalue weighted by molar-refractivity contribution is 5.06. The average molecular weight is 142 g/mol. The van der Waals surface area contributed by atoms with Crippen molar-refractivity contribution >= 4 is 0 Å². The number of hydrogen-bond acceptors (Lipinski definition) is 2. The van der Waals surface area contributed by atoms with Gasteiger partial charge in [0.2, 0.25) is 0 Å². The van der Waals surface area contributed by atoms with Crippen molar-refractivity contribution in [1.82, 2.24) is 0 Å². The Kier molecular flexibility index (Phi) is 4.32. The first-order chi connectivity index (χ1) is 4.59. The first-order valence-corrected chi connectivity index (χ1v) is 3.74. The molecule has 0 heterocycles. The van der Waals surface area contributed by atoms with E-state index in [2.05, 4.69) is 20.4 Å². The lowest BCUT2D eigenvalue weighted by Crippen LogP contribution is -2.27. The van der Waals surface area contributed by atoms with Gasteiger partial charge in [0.05, 0.1) is 0 Å². The molecule has 10 heavy (non-hydrogen) atoms. The maximum absolute atomic E-state index is 5.75. The van der Waals surface area contributed by atoms with E-state index in [1.807, 2.05) is 0 Å². The van der Waals surface area contributed by atoms with E-state index in [4.69, 9.17) is 11.5 Å². The summed E-state index contributed by atoms with van der Waals surface area (Å²) in [4.78, 5) is 0. The van der Waals surface area contributed by atoms with Gasteiger partial charge >= 0.3 is 0 Å². The smallest absolute Gasteiger partial charge is 0.0265 e. The van der Waals surface area contributed by atoms with Crippen LogP contribution in [0.4, 0.5) is 0 Å². The summed E-state index contributed by atoms with van der Waals surface area (Å²) in [5, 5.41) is 0. The topological polar surface area (TPSA) is 52.0 Å². The van der Waals surface area contributed by atoms with Gasteiger partial charge in [-0.05, 0) is 18.9 Å². The van der Waals surface area contributed by atoms with Gasteiger partial charge < -0.3 is 11.5 Å². The molecule has 0 aliphatic heterocycles. The van der Waals surface area contributed by atoms with Crippen molar-refractivity contribution in [3.8, 4) is 0 Å². The summed E-state index contributed by atoms with van der Waals surface area (Å²) in [5.41, 5.74) is 12.2. The third-order valence-electron chi connectivity index (χ3n) is 1.70. The molecular weight excluding hydrogens is 124 g/mol. The highest BCUT2D eigenvalue weighted by Crippen LogP contribution is 2.11. The molecule has 0 spiro atoms. The van der Waals surface area contributed by atoms with E-state index in [0.717, 1.165) is 12.0 Å². The Morgan fingerprint density at radius 2 is 2.00 bits per heavy atom. The first-order valence-electron chi connectivity index (χ1n) is 3.74. The van der Waals surface area contributed by atoms with Crippen molar-refractivity contribution in [3.05, 3.63) is 12.2 Å². The Labute approximate surface area is 63.3 Å². The summed E-state index contributed by atoms with van der Waals surface area (Å²) in [6.07, 6.45) is 0.844. The average Bonchev–Trinajstić information content (AvgIpc) is 1.87. The predicted molar refractivity (Wildman–Crippen MR) is 45.6 cm³/mol. The standard InChI is InChI=1S/C8H18N2/c1-6(2)7(3)8(10)4-5-9/h6,8H,3-5,9-10H2,1-2H3/t8-/m0/s1. The minimum absolute atomic E-state index is 0.0880. The van der Waals surface area contributed by atoms with Gasteiger partial charge in [0.25, 0.3) is 0 Å². The Morgan fingerprint density at radius 1 is 1.50 bits per heavy atom. The van der Waals surface area contributed by atoms with Crippen molar-refractivity contribution in [3.63, 3.8) is 0 Å². The third-order valence-corrected chi connectivity index (χ3v) is 1.70. The fraction of sp³-hybridized carbons (Fsp3) is 0.750. The monoisotopic (exact) mass is 142 g/mol. The van der Waals surface area contributed by atoms with Gasteiger partial charge in [-0.2, -0.15) is 0 Å². The quantitative estimate of drug-likeness (QED) is 0.572. The molecule has 0 rings (SSSR count). The highest BCUT2D eigenvalue weighted by atomic mass is 14.7. The minimum atomic E-state index is 0.0880. The molecule has 0 aliphatic rings. The van der Waals surface area contributed by atoms with Crippen LogP contribution >= 0.6 is 0 Å². The SMILES string of the molecule is C=C(C(C)C)[C@@H](N)CCN. The van der Waals surface area contributed by atoms with Crippen molar-refractivity contribution in [2.45, 2.75) is 26.3 Å². The number of nitrogens with two attached hydrogens (primary N) is 2. The summed E-state index contributed by atoms with van der Waals surface area (Å²) in [5.74, 6) is 0.474. The van der Waals surface area contributed by atoms with Crippen molar-refractivity contribution in [1.29, 1.82) is 0 Å². The lowest BCUT2D eigenvalue weighted by Gasteiger charge is -2.16. The minimum Gasteiger partial charge on any atom is -0.330 e. The molecule has 2 nitrogen and oxygen atoms in total. The molecule has 2 heteroatoms. The molecular formula is C8H18N2. The van der Waals surface area contributed by atoms with Crippen molar-refractivity contribution in [2.75, 3.05) is 6.54 Å². The predicted octanol–water partition coefficient (Wildman–Crippen LogP) is 0.875. The molecule has 4 N–H and O–H groups in total. The lowest BCUT2D eigenvalue weighted by atomic mass is 9.96. The maximum Gasteiger partial charge on any atom is 0.0265 e. The Bertz CT molecular complexity index is 108. The molecule has 0 radical (unpaired) electrons. The molecule has 60 valence electrons. The van der Waals surface area contributed by atoms with E-state index in [-0.39, 0.29) is 6.04 Å². The van der Waals surface area contributed by atoms with Crippen LogP contribution in [0.1, 0.15) is 20.3 Å². The second kappa shape index (κ2) is 4.47. The second-order valence-corrected chi connectivity index (χ2v) is 2.91. The zero-order valence-electron chi connectivity index (χ0n) is 6.93. The normalized spacial score (nSPS) is 13.7. The Hall–Kier alpha value is -0.340. The second-order valence-electron chi connectivity index (χ2n) is 2.91. The van der Waals surface area contributed by atoms with Gasteiger partial charge in [-0.15, -0.1) is 0 Å². The van der Waals surface area contributed by atoms with E-state index >= 15 is 0 Å². The van der Waals surface area contributed by atoms with Crippen LogP contribution in [0.3, 0.4) is 0 Å². The van der Waals surface area contributed by atoms with Crippen LogP contribution in [0, 0.1) is 5.92 Å². The molecule has 0 aliphatic carbocycles. The van der Waals surface area contributed by atoms with Crippen LogP contribution < -0.4 is 11.5 Å². The van der Waals surface area contributed by atoms with Gasteiger partial charge in [0.1, 0.15) is 0 Å². The Morgan fingerprint density at radius 3 is 2.30 bits per heavy atom. The molecule has 0 aromatic heterocycles.